The zero-order chi connectivity index (χ0) is 13.4. The van der Waals surface area contributed by atoms with Crippen molar-refractivity contribution >= 4 is 28.5 Å². The van der Waals surface area contributed by atoms with E-state index in [1.807, 2.05) is 13.0 Å². The molecule has 1 amide bonds. The molecule has 19 heavy (non-hydrogen) atoms. The van der Waals surface area contributed by atoms with Crippen LogP contribution in [-0.4, -0.2) is 27.0 Å². The van der Waals surface area contributed by atoms with E-state index in [0.717, 1.165) is 23.3 Å². The lowest BCUT2D eigenvalue weighted by molar-refractivity contribution is -0.122. The van der Waals surface area contributed by atoms with Crippen molar-refractivity contribution in [3.8, 4) is 0 Å². The minimum atomic E-state index is -0.176. The first-order valence-corrected chi connectivity index (χ1v) is 6.83. The highest BCUT2D eigenvalue weighted by atomic mass is 35.5. The fourth-order valence-electron chi connectivity index (χ4n) is 2.57. The predicted molar refractivity (Wildman–Crippen MR) is 73.1 cm³/mol. The molecule has 1 saturated heterocycles. The fraction of sp³-hybridized carbons (Fsp3) is 0.462. The minimum Gasteiger partial charge on any atom is -0.354 e. The van der Waals surface area contributed by atoms with Crippen molar-refractivity contribution in [3.05, 3.63) is 24.3 Å². The monoisotopic (exact) mass is 278 g/mol. The molecule has 1 fully saturated rings. The Hall–Kier alpha value is -1.62. The highest BCUT2D eigenvalue weighted by molar-refractivity contribution is 6.20. The number of carbonyl (C=O) groups is 1. The van der Waals surface area contributed by atoms with Crippen LogP contribution in [0.4, 0.5) is 0 Å². The van der Waals surface area contributed by atoms with E-state index in [-0.39, 0.29) is 17.3 Å². The summed E-state index contributed by atoms with van der Waals surface area (Å²) in [5.74, 6) is 0.952. The van der Waals surface area contributed by atoms with Crippen molar-refractivity contribution in [1.29, 1.82) is 0 Å². The third-order valence-electron chi connectivity index (χ3n) is 3.48. The smallest absolute Gasteiger partial charge is 0.220 e. The average Bonchev–Trinajstić information content (AvgIpc) is 2.79. The Morgan fingerprint density at radius 1 is 1.58 bits per heavy atom. The van der Waals surface area contributed by atoms with Gasteiger partial charge < -0.3 is 9.88 Å². The number of alkyl halides is 1. The van der Waals surface area contributed by atoms with Crippen LogP contribution in [0.1, 0.15) is 37.0 Å². The van der Waals surface area contributed by atoms with E-state index in [4.69, 9.17) is 11.6 Å². The van der Waals surface area contributed by atoms with Crippen LogP contribution in [0.2, 0.25) is 0 Å². The fourth-order valence-corrected chi connectivity index (χ4v) is 2.73. The van der Waals surface area contributed by atoms with Crippen LogP contribution >= 0.6 is 11.6 Å². The van der Waals surface area contributed by atoms with E-state index < -0.39 is 0 Å². The third-order valence-corrected chi connectivity index (χ3v) is 3.67. The topological polar surface area (TPSA) is 59.8 Å². The number of imidazole rings is 1. The molecule has 0 aromatic carbocycles. The number of hydrogen-bond donors (Lipinski definition) is 1. The second-order valence-corrected chi connectivity index (χ2v) is 5.47. The number of piperidine rings is 1. The summed E-state index contributed by atoms with van der Waals surface area (Å²) in [6, 6.07) is 2.16. The molecule has 0 aliphatic carbocycles. The normalized spacial score (nSPS) is 21.4. The Morgan fingerprint density at radius 3 is 3.11 bits per heavy atom. The van der Waals surface area contributed by atoms with Crippen LogP contribution in [0.25, 0.3) is 11.0 Å². The Labute approximate surface area is 116 Å². The first-order valence-electron chi connectivity index (χ1n) is 6.39. The van der Waals surface area contributed by atoms with Gasteiger partial charge in [0.2, 0.25) is 5.91 Å². The first-order chi connectivity index (χ1) is 9.16. The van der Waals surface area contributed by atoms with Gasteiger partial charge in [-0.2, -0.15) is 0 Å². The van der Waals surface area contributed by atoms with Crippen molar-refractivity contribution in [1.82, 2.24) is 19.9 Å². The Bertz CT molecular complexity index is 612. The molecule has 3 rings (SSSR count). The van der Waals surface area contributed by atoms with E-state index in [1.54, 1.807) is 12.4 Å². The quantitative estimate of drug-likeness (QED) is 0.857. The molecule has 0 saturated carbocycles. The van der Waals surface area contributed by atoms with Gasteiger partial charge in [0.05, 0.1) is 23.1 Å². The van der Waals surface area contributed by atoms with Gasteiger partial charge in [0, 0.05) is 19.2 Å². The van der Waals surface area contributed by atoms with Gasteiger partial charge >= 0.3 is 0 Å². The molecule has 1 aliphatic heterocycles. The van der Waals surface area contributed by atoms with Crippen LogP contribution < -0.4 is 5.32 Å². The molecule has 2 aromatic rings. The third kappa shape index (κ3) is 2.18. The van der Waals surface area contributed by atoms with E-state index in [2.05, 4.69) is 19.9 Å². The number of pyridine rings is 1. The number of halogens is 1. The SMILES string of the molecule is CC(Cl)c1nc2cnccc2n1C1CCC(=O)NC1. The number of rotatable bonds is 2. The van der Waals surface area contributed by atoms with Gasteiger partial charge in [-0.3, -0.25) is 9.78 Å². The Kier molecular flexibility index (Phi) is 3.14. The van der Waals surface area contributed by atoms with Gasteiger partial charge in [-0.15, -0.1) is 11.6 Å². The lowest BCUT2D eigenvalue weighted by Crippen LogP contribution is -2.36. The largest absolute Gasteiger partial charge is 0.354 e. The maximum atomic E-state index is 11.3. The standard InChI is InChI=1S/C13H15ClN4O/c1-8(14)13-17-10-7-15-5-4-11(10)18(13)9-2-3-12(19)16-6-9/h4-5,7-9H,2-3,6H2,1H3,(H,16,19). The summed E-state index contributed by atoms with van der Waals surface area (Å²) >= 11 is 6.24. The summed E-state index contributed by atoms with van der Waals surface area (Å²) in [5, 5.41) is 2.73. The summed E-state index contributed by atoms with van der Waals surface area (Å²) < 4.78 is 2.15. The van der Waals surface area contributed by atoms with Gasteiger partial charge in [0.1, 0.15) is 11.3 Å². The van der Waals surface area contributed by atoms with E-state index in [9.17, 15) is 4.79 Å². The second kappa shape index (κ2) is 4.81. The van der Waals surface area contributed by atoms with Gasteiger partial charge in [-0.1, -0.05) is 0 Å². The van der Waals surface area contributed by atoms with Crippen molar-refractivity contribution in [3.63, 3.8) is 0 Å². The molecular weight excluding hydrogens is 264 g/mol. The molecule has 6 heteroatoms. The van der Waals surface area contributed by atoms with Gasteiger partial charge in [0.15, 0.2) is 0 Å². The molecule has 1 N–H and O–H groups in total. The molecule has 3 heterocycles. The summed E-state index contributed by atoms with van der Waals surface area (Å²) in [6.07, 6.45) is 4.86. The highest BCUT2D eigenvalue weighted by Crippen LogP contribution is 2.30. The van der Waals surface area contributed by atoms with Crippen molar-refractivity contribution in [2.45, 2.75) is 31.2 Å². The van der Waals surface area contributed by atoms with Crippen LogP contribution in [0.5, 0.6) is 0 Å². The number of aromatic nitrogens is 3. The van der Waals surface area contributed by atoms with Gasteiger partial charge in [-0.05, 0) is 19.4 Å². The average molecular weight is 279 g/mol. The van der Waals surface area contributed by atoms with Crippen molar-refractivity contribution in [2.75, 3.05) is 6.54 Å². The lowest BCUT2D eigenvalue weighted by atomic mass is 10.1. The summed E-state index contributed by atoms with van der Waals surface area (Å²) in [5.41, 5.74) is 1.88. The molecule has 2 unspecified atom stereocenters. The van der Waals surface area contributed by atoms with E-state index in [1.165, 1.54) is 0 Å². The van der Waals surface area contributed by atoms with Crippen molar-refractivity contribution < 1.29 is 4.79 Å². The molecule has 2 aromatic heterocycles. The number of fused-ring (bicyclic) bond motifs is 1. The zero-order valence-electron chi connectivity index (χ0n) is 10.6. The number of amides is 1. The number of carbonyl (C=O) groups excluding carboxylic acids is 1. The molecule has 2 atom stereocenters. The van der Waals surface area contributed by atoms with Crippen molar-refractivity contribution in [2.24, 2.45) is 0 Å². The summed E-state index contributed by atoms with van der Waals surface area (Å²) in [4.78, 5) is 19.9. The van der Waals surface area contributed by atoms with Crippen LogP contribution in [-0.2, 0) is 4.79 Å². The minimum absolute atomic E-state index is 0.114. The second-order valence-electron chi connectivity index (χ2n) is 4.82. The zero-order valence-corrected chi connectivity index (χ0v) is 11.4. The van der Waals surface area contributed by atoms with E-state index >= 15 is 0 Å². The van der Waals surface area contributed by atoms with E-state index in [0.29, 0.717) is 13.0 Å². The molecule has 1 aliphatic rings. The number of hydrogen-bond acceptors (Lipinski definition) is 3. The molecule has 0 radical (unpaired) electrons. The first kappa shape index (κ1) is 12.4. The molecule has 100 valence electrons. The molecule has 0 spiro atoms. The Morgan fingerprint density at radius 2 is 2.42 bits per heavy atom. The molecule has 0 bridgehead atoms. The van der Waals surface area contributed by atoms with Crippen LogP contribution in [0.3, 0.4) is 0 Å². The maximum absolute atomic E-state index is 11.3. The summed E-state index contributed by atoms with van der Waals surface area (Å²) in [7, 11) is 0. The Balaban J connectivity index is 2.09. The maximum Gasteiger partial charge on any atom is 0.220 e. The van der Waals surface area contributed by atoms with Crippen LogP contribution in [0.15, 0.2) is 18.5 Å². The molecular formula is C13H15ClN4O. The number of nitrogens with one attached hydrogen (secondary N) is 1. The van der Waals surface area contributed by atoms with Crippen LogP contribution in [0, 0.1) is 0 Å². The number of nitrogens with zero attached hydrogens (tertiary/aromatic N) is 3. The summed E-state index contributed by atoms with van der Waals surface area (Å²) in [6.45, 7) is 2.54. The predicted octanol–water partition coefficient (Wildman–Crippen LogP) is 2.18. The molecule has 5 nitrogen and oxygen atoms in total. The van der Waals surface area contributed by atoms with Gasteiger partial charge in [-0.25, -0.2) is 4.98 Å². The highest BCUT2D eigenvalue weighted by Gasteiger charge is 2.25. The lowest BCUT2D eigenvalue weighted by Gasteiger charge is -2.26. The van der Waals surface area contributed by atoms with Gasteiger partial charge in [0.25, 0.3) is 0 Å².